The first-order chi connectivity index (χ1) is 20.9. The van der Waals surface area contributed by atoms with Crippen LogP contribution in [-0.2, 0) is 21.2 Å². The number of carbonyl (C=O) groups is 1. The van der Waals surface area contributed by atoms with Gasteiger partial charge in [-0.1, -0.05) is 35.6 Å². The number of methoxy groups -OCH3 is 1. The molecule has 2 aliphatic rings. The molecule has 226 valence electrons. The Morgan fingerprint density at radius 2 is 1.81 bits per heavy atom. The van der Waals surface area contributed by atoms with Crippen molar-refractivity contribution >= 4 is 48.3 Å². The Kier molecular flexibility index (Phi) is 8.67. The second-order valence-electron chi connectivity index (χ2n) is 10.9. The first kappa shape index (κ1) is 29.6. The maximum absolute atomic E-state index is 14.0. The summed E-state index contributed by atoms with van der Waals surface area (Å²) >= 11 is 1.47. The monoisotopic (exact) mass is 620 g/mol. The summed E-state index contributed by atoms with van der Waals surface area (Å²) in [5, 5.41) is 0.594. The molecule has 1 aromatic heterocycles. The maximum atomic E-state index is 14.0. The number of fused-ring (bicyclic) bond motifs is 2. The number of sulfonamides is 1. The van der Waals surface area contributed by atoms with E-state index in [2.05, 4.69) is 4.90 Å². The van der Waals surface area contributed by atoms with E-state index in [4.69, 9.17) is 14.5 Å². The van der Waals surface area contributed by atoms with E-state index in [1.54, 1.807) is 24.1 Å². The lowest BCUT2D eigenvalue weighted by atomic mass is 10.0. The highest BCUT2D eigenvalue weighted by molar-refractivity contribution is 7.92. The Hall–Kier alpha value is -3.51. The lowest BCUT2D eigenvalue weighted by Gasteiger charge is -2.30. The quantitative estimate of drug-likeness (QED) is 0.256. The smallest absolute Gasteiger partial charge is 0.264 e. The summed E-state index contributed by atoms with van der Waals surface area (Å²) in [5.74, 6) is 0.447. The van der Waals surface area contributed by atoms with Gasteiger partial charge in [0.2, 0.25) is 0 Å². The topological polar surface area (TPSA) is 92.3 Å². The summed E-state index contributed by atoms with van der Waals surface area (Å²) in [6, 6.07) is 17.8. The predicted molar refractivity (Wildman–Crippen MR) is 170 cm³/mol. The van der Waals surface area contributed by atoms with E-state index in [1.165, 1.54) is 27.8 Å². The lowest BCUT2D eigenvalue weighted by molar-refractivity contribution is 0.0376. The molecular formula is C32H36N4O5S2. The highest BCUT2D eigenvalue weighted by Crippen LogP contribution is 2.37. The molecule has 9 nitrogen and oxygen atoms in total. The van der Waals surface area contributed by atoms with Crippen LogP contribution in [0.4, 0.5) is 10.8 Å². The van der Waals surface area contributed by atoms with E-state index in [1.807, 2.05) is 43.3 Å². The zero-order valence-electron chi connectivity index (χ0n) is 24.5. The van der Waals surface area contributed by atoms with Crippen molar-refractivity contribution in [3.8, 4) is 5.75 Å². The van der Waals surface area contributed by atoms with Gasteiger partial charge in [-0.05, 0) is 73.7 Å². The average molecular weight is 621 g/mol. The van der Waals surface area contributed by atoms with Crippen LogP contribution in [0.15, 0.2) is 65.6 Å². The molecule has 6 rings (SSSR count). The van der Waals surface area contributed by atoms with E-state index in [-0.39, 0.29) is 10.8 Å². The number of nitrogens with zero attached hydrogens (tertiary/aromatic N) is 4. The molecule has 0 bridgehead atoms. The van der Waals surface area contributed by atoms with E-state index in [0.29, 0.717) is 29.5 Å². The molecule has 1 saturated heterocycles. The molecule has 0 aliphatic carbocycles. The van der Waals surface area contributed by atoms with Gasteiger partial charge in [-0.2, -0.15) is 0 Å². The number of aryl methyl sites for hydroxylation is 2. The van der Waals surface area contributed by atoms with E-state index in [0.717, 1.165) is 79.1 Å². The SMILES string of the molecule is COc1ccc(C)c2sc(N(CCCN3CCOCC3)C(=O)c3ccc(S(=O)(=O)N4CCCc5ccccc54)cc3)nc12. The van der Waals surface area contributed by atoms with Gasteiger partial charge in [0.1, 0.15) is 11.3 Å². The van der Waals surface area contributed by atoms with Crippen LogP contribution in [0.25, 0.3) is 10.2 Å². The molecular weight excluding hydrogens is 585 g/mol. The summed E-state index contributed by atoms with van der Waals surface area (Å²) < 4.78 is 40.8. The molecule has 1 fully saturated rings. The number of benzene rings is 3. The van der Waals surface area contributed by atoms with Gasteiger partial charge in [0, 0.05) is 38.3 Å². The van der Waals surface area contributed by atoms with Crippen molar-refractivity contribution in [2.24, 2.45) is 0 Å². The molecule has 11 heteroatoms. The summed E-state index contributed by atoms with van der Waals surface area (Å²) in [6.45, 7) is 6.96. The number of rotatable bonds is 9. The standard InChI is InChI=1S/C32H36N4O5S2/c1-23-10-15-28(40-2)29-30(23)42-32(33-29)35(17-6-16-34-19-21-41-22-20-34)31(37)25-11-13-26(14-12-25)43(38,39)36-18-5-8-24-7-3-4-9-27(24)36/h3-4,7,9-15H,5-6,8,16-22H2,1-2H3. The third-order valence-electron chi connectivity index (χ3n) is 8.10. The van der Waals surface area contributed by atoms with Crippen molar-refractivity contribution in [3.63, 3.8) is 0 Å². The fraction of sp³-hybridized carbons (Fsp3) is 0.375. The third kappa shape index (κ3) is 5.99. The Morgan fingerprint density at radius 3 is 2.58 bits per heavy atom. The molecule has 1 amide bonds. The van der Waals surface area contributed by atoms with Gasteiger partial charge in [0.15, 0.2) is 5.13 Å². The number of para-hydroxylation sites is 1. The number of amides is 1. The zero-order chi connectivity index (χ0) is 30.0. The van der Waals surface area contributed by atoms with Crippen molar-refractivity contribution in [3.05, 3.63) is 77.4 Å². The van der Waals surface area contributed by atoms with Crippen molar-refractivity contribution in [1.82, 2.24) is 9.88 Å². The van der Waals surface area contributed by atoms with Crippen LogP contribution in [-0.4, -0.2) is 77.3 Å². The van der Waals surface area contributed by atoms with Crippen LogP contribution in [0.5, 0.6) is 5.75 Å². The molecule has 0 radical (unpaired) electrons. The fourth-order valence-electron chi connectivity index (χ4n) is 5.74. The lowest BCUT2D eigenvalue weighted by Crippen LogP contribution is -2.39. The van der Waals surface area contributed by atoms with Gasteiger partial charge in [-0.25, -0.2) is 13.4 Å². The van der Waals surface area contributed by atoms with Crippen LogP contribution < -0.4 is 13.9 Å². The number of aromatic nitrogens is 1. The Morgan fingerprint density at radius 1 is 1.05 bits per heavy atom. The van der Waals surface area contributed by atoms with Crippen LogP contribution in [0.3, 0.4) is 0 Å². The number of carbonyl (C=O) groups excluding carboxylic acids is 1. The minimum atomic E-state index is -3.78. The normalized spacial score (nSPS) is 15.8. The first-order valence-corrected chi connectivity index (χ1v) is 16.9. The van der Waals surface area contributed by atoms with Gasteiger partial charge >= 0.3 is 0 Å². The average Bonchev–Trinajstić information content (AvgIpc) is 3.49. The molecule has 43 heavy (non-hydrogen) atoms. The largest absolute Gasteiger partial charge is 0.494 e. The predicted octanol–water partition coefficient (Wildman–Crippen LogP) is 5.12. The first-order valence-electron chi connectivity index (χ1n) is 14.6. The number of hydrogen-bond donors (Lipinski definition) is 0. The fourth-order valence-corrected chi connectivity index (χ4v) is 8.36. The number of hydrogen-bond acceptors (Lipinski definition) is 8. The zero-order valence-corrected chi connectivity index (χ0v) is 26.1. The Bertz CT molecular complexity index is 1720. The number of thiazole rings is 1. The van der Waals surface area contributed by atoms with Crippen molar-refractivity contribution in [2.75, 3.05) is 62.3 Å². The third-order valence-corrected chi connectivity index (χ3v) is 11.1. The Labute approximate surface area is 256 Å². The molecule has 0 atom stereocenters. The highest BCUT2D eigenvalue weighted by atomic mass is 32.2. The number of anilines is 2. The molecule has 3 heterocycles. The second-order valence-corrected chi connectivity index (χ2v) is 13.7. The van der Waals surface area contributed by atoms with Gasteiger partial charge in [-0.15, -0.1) is 0 Å². The van der Waals surface area contributed by atoms with Crippen LogP contribution in [0.1, 0.15) is 34.3 Å². The van der Waals surface area contributed by atoms with E-state index < -0.39 is 10.0 Å². The van der Waals surface area contributed by atoms with Crippen molar-refractivity contribution < 1.29 is 22.7 Å². The summed E-state index contributed by atoms with van der Waals surface area (Å²) in [7, 11) is -2.16. The van der Waals surface area contributed by atoms with Gasteiger partial charge in [0.05, 0.1) is 35.6 Å². The van der Waals surface area contributed by atoms with E-state index >= 15 is 0 Å². The molecule has 0 unspecified atom stereocenters. The number of ether oxygens (including phenoxy) is 2. The van der Waals surface area contributed by atoms with Crippen LogP contribution in [0.2, 0.25) is 0 Å². The second kappa shape index (κ2) is 12.6. The van der Waals surface area contributed by atoms with Gasteiger partial charge in [-0.3, -0.25) is 18.9 Å². The molecule has 0 saturated carbocycles. The number of morpholine rings is 1. The van der Waals surface area contributed by atoms with E-state index in [9.17, 15) is 13.2 Å². The van der Waals surface area contributed by atoms with Crippen LogP contribution >= 0.6 is 11.3 Å². The molecule has 2 aliphatic heterocycles. The molecule has 0 N–H and O–H groups in total. The summed E-state index contributed by atoms with van der Waals surface area (Å²) in [4.78, 5) is 23.1. The van der Waals surface area contributed by atoms with Gasteiger partial charge < -0.3 is 9.47 Å². The molecule has 3 aromatic carbocycles. The van der Waals surface area contributed by atoms with Crippen LogP contribution in [0, 0.1) is 6.92 Å². The minimum Gasteiger partial charge on any atom is -0.494 e. The molecule has 0 spiro atoms. The molecule has 4 aromatic rings. The maximum Gasteiger partial charge on any atom is 0.264 e. The van der Waals surface area contributed by atoms with Crippen molar-refractivity contribution in [1.29, 1.82) is 0 Å². The van der Waals surface area contributed by atoms with Crippen molar-refractivity contribution in [2.45, 2.75) is 31.1 Å². The highest BCUT2D eigenvalue weighted by Gasteiger charge is 2.30. The summed E-state index contributed by atoms with van der Waals surface area (Å²) in [6.07, 6.45) is 2.38. The van der Waals surface area contributed by atoms with Gasteiger partial charge in [0.25, 0.3) is 15.9 Å². The Balaban J connectivity index is 1.28. The summed E-state index contributed by atoms with van der Waals surface area (Å²) in [5.41, 5.74) is 3.96. The minimum absolute atomic E-state index is 0.167.